The first-order chi connectivity index (χ1) is 9.90. The van der Waals surface area contributed by atoms with E-state index in [1.54, 1.807) is 18.2 Å². The Morgan fingerprint density at radius 3 is 2.62 bits per heavy atom. The third kappa shape index (κ3) is 3.53. The number of nitro groups is 1. The van der Waals surface area contributed by atoms with Crippen LogP contribution in [0.4, 0.5) is 11.4 Å². The van der Waals surface area contributed by atoms with Crippen LogP contribution in [0.2, 0.25) is 10.0 Å². The molecule has 0 radical (unpaired) electrons. The molecule has 0 bridgehead atoms. The van der Waals surface area contributed by atoms with Gasteiger partial charge in [-0.2, -0.15) is 0 Å². The molecule has 0 saturated carbocycles. The topological polar surface area (TPSA) is 72.2 Å². The maximum absolute atomic E-state index is 12.2. The quantitative estimate of drug-likeness (QED) is 0.598. The lowest BCUT2D eigenvalue weighted by molar-refractivity contribution is -0.384. The maximum Gasteiger partial charge on any atom is 0.288 e. The molecule has 0 heterocycles. The first-order valence-corrected chi connectivity index (χ1v) is 7.14. The highest BCUT2D eigenvalue weighted by atomic mass is 79.9. The molecular formula is C13H7BrCl2N2O3. The average Bonchev–Trinajstić information content (AvgIpc) is 2.42. The Labute approximate surface area is 138 Å². The molecule has 0 atom stereocenters. The maximum atomic E-state index is 12.2. The Balaban J connectivity index is 2.35. The Morgan fingerprint density at radius 1 is 1.24 bits per heavy atom. The summed E-state index contributed by atoms with van der Waals surface area (Å²) in [6.07, 6.45) is 0. The van der Waals surface area contributed by atoms with Gasteiger partial charge in [0, 0.05) is 15.6 Å². The number of amides is 1. The molecule has 0 aliphatic carbocycles. The number of carbonyl (C=O) groups excluding carboxylic acids is 1. The average molecular weight is 390 g/mol. The van der Waals surface area contributed by atoms with Crippen molar-refractivity contribution in [1.82, 2.24) is 0 Å². The Hall–Kier alpha value is -1.63. The molecule has 0 saturated heterocycles. The molecule has 2 rings (SSSR count). The Bertz CT molecular complexity index is 737. The van der Waals surface area contributed by atoms with E-state index in [1.807, 2.05) is 0 Å². The van der Waals surface area contributed by atoms with Crippen LogP contribution in [-0.2, 0) is 0 Å². The summed E-state index contributed by atoms with van der Waals surface area (Å²) < 4.78 is 0.627. The number of hydrogen-bond acceptors (Lipinski definition) is 3. The monoisotopic (exact) mass is 388 g/mol. The van der Waals surface area contributed by atoms with Crippen molar-refractivity contribution in [2.45, 2.75) is 0 Å². The van der Waals surface area contributed by atoms with Gasteiger partial charge in [-0.25, -0.2) is 0 Å². The second-order valence-electron chi connectivity index (χ2n) is 3.97. The summed E-state index contributed by atoms with van der Waals surface area (Å²) >= 11 is 15.0. The SMILES string of the molecule is O=C(Nc1cc(Cl)ccc1Br)c1cccc([N+](=O)[O-])c1Cl. The van der Waals surface area contributed by atoms with Gasteiger partial charge in [-0.15, -0.1) is 0 Å². The number of nitro benzene ring substituents is 1. The number of benzene rings is 2. The molecule has 0 spiro atoms. The van der Waals surface area contributed by atoms with E-state index in [4.69, 9.17) is 23.2 Å². The van der Waals surface area contributed by atoms with Crippen LogP contribution in [0.15, 0.2) is 40.9 Å². The van der Waals surface area contributed by atoms with Crippen molar-refractivity contribution in [3.8, 4) is 0 Å². The van der Waals surface area contributed by atoms with Gasteiger partial charge in [0.2, 0.25) is 0 Å². The zero-order valence-electron chi connectivity index (χ0n) is 10.3. The lowest BCUT2D eigenvalue weighted by Gasteiger charge is -2.09. The number of halogens is 3. The first kappa shape index (κ1) is 15.8. The van der Waals surface area contributed by atoms with E-state index in [0.29, 0.717) is 15.2 Å². The molecule has 0 unspecified atom stereocenters. The fourth-order valence-corrected chi connectivity index (χ4v) is 2.42. The number of nitrogens with zero attached hydrogens (tertiary/aromatic N) is 1. The van der Waals surface area contributed by atoms with Crippen molar-refractivity contribution in [2.24, 2.45) is 0 Å². The van der Waals surface area contributed by atoms with Gasteiger partial charge in [-0.1, -0.05) is 29.3 Å². The van der Waals surface area contributed by atoms with Gasteiger partial charge in [-0.3, -0.25) is 14.9 Å². The van der Waals surface area contributed by atoms with Crippen LogP contribution in [0.25, 0.3) is 0 Å². The van der Waals surface area contributed by atoms with Crippen molar-refractivity contribution in [3.63, 3.8) is 0 Å². The van der Waals surface area contributed by atoms with E-state index in [9.17, 15) is 14.9 Å². The van der Waals surface area contributed by atoms with Gasteiger partial charge in [0.25, 0.3) is 11.6 Å². The van der Waals surface area contributed by atoms with Crippen LogP contribution in [0.5, 0.6) is 0 Å². The summed E-state index contributed by atoms with van der Waals surface area (Å²) in [6, 6.07) is 8.91. The highest BCUT2D eigenvalue weighted by Crippen LogP contribution is 2.30. The smallest absolute Gasteiger partial charge is 0.288 e. The van der Waals surface area contributed by atoms with Crippen LogP contribution >= 0.6 is 39.1 Å². The van der Waals surface area contributed by atoms with Crippen molar-refractivity contribution >= 4 is 56.4 Å². The van der Waals surface area contributed by atoms with Crippen LogP contribution in [0.3, 0.4) is 0 Å². The second-order valence-corrected chi connectivity index (χ2v) is 5.64. The molecule has 1 N–H and O–H groups in total. The lowest BCUT2D eigenvalue weighted by Crippen LogP contribution is -2.13. The molecule has 0 aromatic heterocycles. The molecule has 0 fully saturated rings. The fraction of sp³-hybridized carbons (Fsp3) is 0. The number of carbonyl (C=O) groups is 1. The third-order valence-corrected chi connectivity index (χ3v) is 3.92. The van der Waals surface area contributed by atoms with Crippen LogP contribution < -0.4 is 5.32 Å². The minimum atomic E-state index is -0.644. The van der Waals surface area contributed by atoms with Gasteiger partial charge < -0.3 is 5.32 Å². The normalized spacial score (nSPS) is 10.2. The molecule has 0 aliphatic rings. The number of rotatable bonds is 3. The van der Waals surface area contributed by atoms with E-state index in [-0.39, 0.29) is 16.3 Å². The zero-order valence-corrected chi connectivity index (χ0v) is 13.4. The number of nitrogens with one attached hydrogen (secondary N) is 1. The lowest BCUT2D eigenvalue weighted by atomic mass is 10.2. The van der Waals surface area contributed by atoms with E-state index >= 15 is 0 Å². The first-order valence-electron chi connectivity index (χ1n) is 5.59. The molecule has 1 amide bonds. The summed E-state index contributed by atoms with van der Waals surface area (Å²) in [5.74, 6) is -0.563. The molecule has 0 aliphatic heterocycles. The van der Waals surface area contributed by atoms with Crippen molar-refractivity contribution < 1.29 is 9.72 Å². The van der Waals surface area contributed by atoms with Crippen LogP contribution in [0, 0.1) is 10.1 Å². The highest BCUT2D eigenvalue weighted by Gasteiger charge is 2.20. The van der Waals surface area contributed by atoms with E-state index in [2.05, 4.69) is 21.2 Å². The second kappa shape index (κ2) is 6.43. The summed E-state index contributed by atoms with van der Waals surface area (Å²) in [4.78, 5) is 22.4. The predicted molar refractivity (Wildman–Crippen MR) is 85.2 cm³/mol. The van der Waals surface area contributed by atoms with Gasteiger partial charge in [-0.05, 0) is 40.2 Å². The van der Waals surface area contributed by atoms with Gasteiger partial charge >= 0.3 is 0 Å². The molecule has 2 aromatic rings. The standard InChI is InChI=1S/C13H7BrCl2N2O3/c14-9-5-4-7(15)6-10(9)17-13(19)8-2-1-3-11(12(8)16)18(20)21/h1-6H,(H,17,19). The van der Waals surface area contributed by atoms with E-state index < -0.39 is 10.8 Å². The van der Waals surface area contributed by atoms with Crippen molar-refractivity contribution in [1.29, 1.82) is 0 Å². The Morgan fingerprint density at radius 2 is 1.95 bits per heavy atom. The molecule has 8 heteroatoms. The highest BCUT2D eigenvalue weighted by molar-refractivity contribution is 9.10. The summed E-state index contributed by atoms with van der Waals surface area (Å²) in [7, 11) is 0. The van der Waals surface area contributed by atoms with E-state index in [0.717, 1.165) is 0 Å². The van der Waals surface area contributed by atoms with Gasteiger partial charge in [0.15, 0.2) is 0 Å². The molecular weight excluding hydrogens is 383 g/mol. The molecule has 21 heavy (non-hydrogen) atoms. The van der Waals surface area contributed by atoms with Crippen molar-refractivity contribution in [2.75, 3.05) is 5.32 Å². The summed E-state index contributed by atoms with van der Waals surface area (Å²) in [6.45, 7) is 0. The zero-order chi connectivity index (χ0) is 15.6. The molecule has 2 aromatic carbocycles. The van der Waals surface area contributed by atoms with Crippen LogP contribution in [-0.4, -0.2) is 10.8 Å². The molecule has 5 nitrogen and oxygen atoms in total. The predicted octanol–water partition coefficient (Wildman–Crippen LogP) is 4.92. The molecule has 108 valence electrons. The largest absolute Gasteiger partial charge is 0.321 e. The third-order valence-electron chi connectivity index (χ3n) is 2.60. The minimum Gasteiger partial charge on any atom is -0.321 e. The van der Waals surface area contributed by atoms with E-state index in [1.165, 1.54) is 18.2 Å². The fourth-order valence-electron chi connectivity index (χ4n) is 1.62. The van der Waals surface area contributed by atoms with Gasteiger partial charge in [0.05, 0.1) is 16.2 Å². The van der Waals surface area contributed by atoms with Gasteiger partial charge in [0.1, 0.15) is 5.02 Å². The Kier molecular flexibility index (Phi) is 4.82. The minimum absolute atomic E-state index is 0.0118. The number of anilines is 1. The number of hydrogen-bond donors (Lipinski definition) is 1. The summed E-state index contributed by atoms with van der Waals surface area (Å²) in [5, 5.41) is 13.6. The van der Waals surface area contributed by atoms with Crippen LogP contribution in [0.1, 0.15) is 10.4 Å². The van der Waals surface area contributed by atoms with Crippen molar-refractivity contribution in [3.05, 3.63) is 66.6 Å². The summed E-state index contributed by atoms with van der Waals surface area (Å²) in [5.41, 5.74) is 0.127.